The molecule has 92 valence electrons. The molecule has 0 amide bonds. The number of rotatable bonds is 4. The summed E-state index contributed by atoms with van der Waals surface area (Å²) in [5.74, 6) is 0.686. The summed E-state index contributed by atoms with van der Waals surface area (Å²) in [7, 11) is 1.42. The maximum Gasteiger partial charge on any atom is 0.333 e. The molecule has 3 heteroatoms. The molecule has 1 saturated heterocycles. The number of carbonyl (C=O) groups is 1. The summed E-state index contributed by atoms with van der Waals surface area (Å²) in [5, 5.41) is 0. The van der Waals surface area contributed by atoms with E-state index in [1.165, 1.54) is 26.4 Å². The number of carbonyl (C=O) groups excluding carboxylic acids is 1. The van der Waals surface area contributed by atoms with Gasteiger partial charge < -0.3 is 4.74 Å². The minimum atomic E-state index is -0.219. The largest absolute Gasteiger partial charge is 0.466 e. The van der Waals surface area contributed by atoms with E-state index in [1.807, 2.05) is 13.0 Å². The van der Waals surface area contributed by atoms with Crippen LogP contribution in [0, 0.1) is 5.92 Å². The topological polar surface area (TPSA) is 29.5 Å². The van der Waals surface area contributed by atoms with E-state index in [2.05, 4.69) is 16.6 Å². The van der Waals surface area contributed by atoms with Gasteiger partial charge in [0.1, 0.15) is 0 Å². The van der Waals surface area contributed by atoms with Crippen molar-refractivity contribution in [3.05, 3.63) is 11.6 Å². The van der Waals surface area contributed by atoms with Gasteiger partial charge in [-0.3, -0.25) is 4.90 Å². The molecule has 1 aliphatic heterocycles. The standard InChI is InChI=1S/C13H23NO2/c1-4-12-6-9-14(10-7-12)8-5-11(2)13(15)16-3/h5,12H,4,6-10H2,1-3H3. The van der Waals surface area contributed by atoms with Gasteiger partial charge in [0.05, 0.1) is 7.11 Å². The molecule has 0 aromatic heterocycles. The Morgan fingerprint density at radius 1 is 1.44 bits per heavy atom. The molecule has 0 saturated carbocycles. The lowest BCUT2D eigenvalue weighted by atomic mass is 9.94. The Balaban J connectivity index is 2.31. The predicted molar refractivity (Wildman–Crippen MR) is 65.2 cm³/mol. The maximum atomic E-state index is 11.2. The Morgan fingerprint density at radius 3 is 2.56 bits per heavy atom. The highest BCUT2D eigenvalue weighted by molar-refractivity contribution is 5.87. The average molecular weight is 225 g/mol. The van der Waals surface area contributed by atoms with E-state index >= 15 is 0 Å². The van der Waals surface area contributed by atoms with Crippen LogP contribution in [-0.4, -0.2) is 37.6 Å². The molecule has 0 radical (unpaired) electrons. The van der Waals surface area contributed by atoms with Crippen molar-refractivity contribution in [2.45, 2.75) is 33.1 Å². The first-order valence-corrected chi connectivity index (χ1v) is 6.14. The minimum Gasteiger partial charge on any atom is -0.466 e. The van der Waals surface area contributed by atoms with Gasteiger partial charge in [-0.2, -0.15) is 0 Å². The predicted octanol–water partition coefficient (Wildman–Crippen LogP) is 2.23. The van der Waals surface area contributed by atoms with E-state index in [1.54, 1.807) is 0 Å². The fourth-order valence-electron chi connectivity index (χ4n) is 2.09. The highest BCUT2D eigenvalue weighted by atomic mass is 16.5. The number of esters is 1. The lowest BCUT2D eigenvalue weighted by Gasteiger charge is -2.30. The van der Waals surface area contributed by atoms with Gasteiger partial charge >= 0.3 is 5.97 Å². The van der Waals surface area contributed by atoms with Crippen molar-refractivity contribution >= 4 is 5.97 Å². The second kappa shape index (κ2) is 6.69. The summed E-state index contributed by atoms with van der Waals surface area (Å²) in [6, 6.07) is 0. The van der Waals surface area contributed by atoms with Gasteiger partial charge in [-0.05, 0) is 38.8 Å². The summed E-state index contributed by atoms with van der Waals surface area (Å²) >= 11 is 0. The molecular weight excluding hydrogens is 202 g/mol. The van der Waals surface area contributed by atoms with Gasteiger partial charge in [0.25, 0.3) is 0 Å². The Labute approximate surface area is 98.5 Å². The summed E-state index contributed by atoms with van der Waals surface area (Å²) in [5.41, 5.74) is 0.708. The van der Waals surface area contributed by atoms with Crippen molar-refractivity contribution in [1.82, 2.24) is 4.90 Å². The molecule has 16 heavy (non-hydrogen) atoms. The lowest BCUT2D eigenvalue weighted by Crippen LogP contribution is -2.33. The first-order valence-electron chi connectivity index (χ1n) is 6.14. The van der Waals surface area contributed by atoms with Crippen LogP contribution in [0.3, 0.4) is 0 Å². The number of methoxy groups -OCH3 is 1. The molecule has 0 N–H and O–H groups in total. The molecule has 3 nitrogen and oxygen atoms in total. The van der Waals surface area contributed by atoms with Gasteiger partial charge in [-0.1, -0.05) is 19.4 Å². The zero-order valence-electron chi connectivity index (χ0n) is 10.7. The van der Waals surface area contributed by atoms with Crippen molar-refractivity contribution in [2.75, 3.05) is 26.7 Å². The van der Waals surface area contributed by atoms with Gasteiger partial charge in [0.15, 0.2) is 0 Å². The van der Waals surface area contributed by atoms with E-state index in [-0.39, 0.29) is 5.97 Å². The second-order valence-electron chi connectivity index (χ2n) is 4.53. The lowest BCUT2D eigenvalue weighted by molar-refractivity contribution is -0.136. The Hall–Kier alpha value is -0.830. The van der Waals surface area contributed by atoms with E-state index < -0.39 is 0 Å². The molecule has 0 bridgehead atoms. The third-order valence-corrected chi connectivity index (χ3v) is 3.45. The van der Waals surface area contributed by atoms with Gasteiger partial charge in [0, 0.05) is 12.1 Å². The molecule has 0 aromatic rings. The molecule has 0 spiro atoms. The second-order valence-corrected chi connectivity index (χ2v) is 4.53. The molecular formula is C13H23NO2. The third-order valence-electron chi connectivity index (χ3n) is 3.45. The Bertz CT molecular complexity index is 253. The van der Waals surface area contributed by atoms with E-state index in [0.717, 1.165) is 25.6 Å². The fraction of sp³-hybridized carbons (Fsp3) is 0.769. The number of hydrogen-bond donors (Lipinski definition) is 0. The Kier molecular flexibility index (Phi) is 5.53. The van der Waals surface area contributed by atoms with Crippen LogP contribution in [0.5, 0.6) is 0 Å². The number of ether oxygens (including phenoxy) is 1. The first kappa shape index (κ1) is 13.2. The number of hydrogen-bond acceptors (Lipinski definition) is 3. The number of likely N-dealkylation sites (tertiary alicyclic amines) is 1. The Morgan fingerprint density at radius 2 is 2.06 bits per heavy atom. The van der Waals surface area contributed by atoms with Crippen molar-refractivity contribution < 1.29 is 9.53 Å². The zero-order valence-corrected chi connectivity index (χ0v) is 10.7. The fourth-order valence-corrected chi connectivity index (χ4v) is 2.09. The minimum absolute atomic E-state index is 0.219. The molecule has 0 unspecified atom stereocenters. The van der Waals surface area contributed by atoms with Crippen LogP contribution in [0.4, 0.5) is 0 Å². The highest BCUT2D eigenvalue weighted by Crippen LogP contribution is 2.19. The van der Waals surface area contributed by atoms with E-state index in [9.17, 15) is 4.79 Å². The van der Waals surface area contributed by atoms with Crippen LogP contribution >= 0.6 is 0 Å². The molecule has 0 atom stereocenters. The molecule has 1 aliphatic rings. The number of nitrogens with zero attached hydrogens (tertiary/aromatic N) is 1. The van der Waals surface area contributed by atoms with E-state index in [4.69, 9.17) is 0 Å². The van der Waals surface area contributed by atoms with Crippen molar-refractivity contribution in [2.24, 2.45) is 5.92 Å². The van der Waals surface area contributed by atoms with Crippen LogP contribution < -0.4 is 0 Å². The van der Waals surface area contributed by atoms with Crippen LogP contribution in [0.25, 0.3) is 0 Å². The summed E-state index contributed by atoms with van der Waals surface area (Å²) in [6.45, 7) is 7.26. The zero-order chi connectivity index (χ0) is 12.0. The number of piperidine rings is 1. The monoisotopic (exact) mass is 225 g/mol. The van der Waals surface area contributed by atoms with Crippen molar-refractivity contribution in [3.8, 4) is 0 Å². The first-order chi connectivity index (χ1) is 7.67. The molecule has 1 heterocycles. The summed E-state index contributed by atoms with van der Waals surface area (Å²) in [4.78, 5) is 13.6. The normalized spacial score (nSPS) is 19.8. The molecule has 0 aromatic carbocycles. The summed E-state index contributed by atoms with van der Waals surface area (Å²) < 4.78 is 4.66. The smallest absolute Gasteiger partial charge is 0.333 e. The van der Waals surface area contributed by atoms with Crippen LogP contribution in [-0.2, 0) is 9.53 Å². The molecule has 1 fully saturated rings. The van der Waals surface area contributed by atoms with Crippen molar-refractivity contribution in [1.29, 1.82) is 0 Å². The quantitative estimate of drug-likeness (QED) is 0.543. The highest BCUT2D eigenvalue weighted by Gasteiger charge is 2.16. The van der Waals surface area contributed by atoms with Crippen LogP contribution in [0.15, 0.2) is 11.6 Å². The SMILES string of the molecule is CCC1CCN(CC=C(C)C(=O)OC)CC1. The average Bonchev–Trinajstić information content (AvgIpc) is 2.35. The van der Waals surface area contributed by atoms with Gasteiger partial charge in [0.2, 0.25) is 0 Å². The summed E-state index contributed by atoms with van der Waals surface area (Å²) in [6.07, 6.45) is 5.85. The maximum absolute atomic E-state index is 11.2. The van der Waals surface area contributed by atoms with Gasteiger partial charge in [-0.25, -0.2) is 4.79 Å². The van der Waals surface area contributed by atoms with Crippen molar-refractivity contribution in [3.63, 3.8) is 0 Å². The van der Waals surface area contributed by atoms with Gasteiger partial charge in [-0.15, -0.1) is 0 Å². The third kappa shape index (κ3) is 3.97. The van der Waals surface area contributed by atoms with E-state index in [0.29, 0.717) is 5.57 Å². The molecule has 1 rings (SSSR count). The van der Waals surface area contributed by atoms with Crippen LogP contribution in [0.1, 0.15) is 33.1 Å². The molecule has 0 aliphatic carbocycles. The van der Waals surface area contributed by atoms with Crippen LogP contribution in [0.2, 0.25) is 0 Å².